The molecule has 0 spiro atoms. The average Bonchev–Trinajstić information content (AvgIpc) is 2.72. The predicted molar refractivity (Wildman–Crippen MR) is 116 cm³/mol. The molecule has 5 atom stereocenters. The molecule has 3 rings (SSSR count). The van der Waals surface area contributed by atoms with Gasteiger partial charge in [-0.1, -0.05) is 33.6 Å². The molecule has 1 heterocycles. The zero-order valence-electron chi connectivity index (χ0n) is 19.4. The first-order chi connectivity index (χ1) is 14.5. The number of hydrogen-bond donors (Lipinski definition) is 0. The van der Waals surface area contributed by atoms with Gasteiger partial charge in [-0.3, -0.25) is 0 Å². The van der Waals surface area contributed by atoms with Crippen LogP contribution >= 0.6 is 0 Å². The van der Waals surface area contributed by atoms with E-state index in [0.717, 1.165) is 25.7 Å². The minimum atomic E-state index is 0.132. The van der Waals surface area contributed by atoms with Gasteiger partial charge in [-0.2, -0.15) is 0 Å². The second kappa shape index (κ2) is 12.7. The molecule has 0 aromatic heterocycles. The van der Waals surface area contributed by atoms with Gasteiger partial charge in [0.1, 0.15) is 0 Å². The third-order valence-electron chi connectivity index (χ3n) is 6.84. The Morgan fingerprint density at radius 1 is 0.500 bits per heavy atom. The van der Waals surface area contributed by atoms with Crippen molar-refractivity contribution in [2.24, 2.45) is 11.3 Å². The van der Waals surface area contributed by atoms with E-state index in [4.69, 9.17) is 28.4 Å². The van der Waals surface area contributed by atoms with E-state index >= 15 is 0 Å². The second-order valence-electron chi connectivity index (χ2n) is 10.0. The summed E-state index contributed by atoms with van der Waals surface area (Å²) in [6.07, 6.45) is 8.50. The van der Waals surface area contributed by atoms with Crippen LogP contribution in [0.25, 0.3) is 0 Å². The smallest absolute Gasteiger partial charge is 0.0840 e. The van der Waals surface area contributed by atoms with Crippen LogP contribution in [-0.2, 0) is 28.4 Å². The molecule has 0 N–H and O–H groups in total. The Morgan fingerprint density at radius 2 is 0.933 bits per heavy atom. The number of fused-ring (bicyclic) bond motifs is 2. The van der Waals surface area contributed by atoms with E-state index in [9.17, 15) is 0 Å². The van der Waals surface area contributed by atoms with E-state index in [2.05, 4.69) is 20.8 Å². The van der Waals surface area contributed by atoms with Gasteiger partial charge in [-0.05, 0) is 43.4 Å². The Kier molecular flexibility index (Phi) is 10.3. The van der Waals surface area contributed by atoms with Crippen molar-refractivity contribution in [1.29, 1.82) is 0 Å². The summed E-state index contributed by atoms with van der Waals surface area (Å²) in [7, 11) is 0. The highest BCUT2D eigenvalue weighted by Gasteiger charge is 2.37. The van der Waals surface area contributed by atoms with Crippen LogP contribution in [0.2, 0.25) is 0 Å². The lowest BCUT2D eigenvalue weighted by Crippen LogP contribution is -2.42. The molecule has 0 aromatic carbocycles. The van der Waals surface area contributed by atoms with E-state index in [1.54, 1.807) is 0 Å². The van der Waals surface area contributed by atoms with Crippen LogP contribution in [0.5, 0.6) is 0 Å². The van der Waals surface area contributed by atoms with Gasteiger partial charge in [0.2, 0.25) is 0 Å². The Labute approximate surface area is 183 Å². The van der Waals surface area contributed by atoms with Crippen LogP contribution in [0.3, 0.4) is 0 Å². The van der Waals surface area contributed by atoms with Crippen molar-refractivity contribution in [2.45, 2.75) is 90.1 Å². The molecule has 0 amide bonds. The number of ether oxygens (including phenoxy) is 6. The fraction of sp³-hybridized carbons (Fsp3) is 1.00. The maximum Gasteiger partial charge on any atom is 0.0840 e. The van der Waals surface area contributed by atoms with Crippen molar-refractivity contribution >= 4 is 0 Å². The zero-order valence-corrected chi connectivity index (χ0v) is 19.4. The lowest BCUT2D eigenvalue weighted by molar-refractivity contribution is -0.137. The van der Waals surface area contributed by atoms with E-state index in [0.29, 0.717) is 64.2 Å². The molecule has 6 nitrogen and oxygen atoms in total. The summed E-state index contributed by atoms with van der Waals surface area (Å²) < 4.78 is 36.1. The molecule has 3 aliphatic rings. The van der Waals surface area contributed by atoms with Crippen LogP contribution in [0.15, 0.2) is 0 Å². The highest BCUT2D eigenvalue weighted by atomic mass is 16.6. The van der Waals surface area contributed by atoms with Gasteiger partial charge in [0.15, 0.2) is 0 Å². The number of hydrogen-bond acceptors (Lipinski definition) is 6. The quantitative estimate of drug-likeness (QED) is 0.581. The molecule has 0 bridgehead atoms. The van der Waals surface area contributed by atoms with E-state index < -0.39 is 0 Å². The zero-order chi connectivity index (χ0) is 21.2. The van der Waals surface area contributed by atoms with E-state index in [1.807, 2.05) is 0 Å². The first kappa shape index (κ1) is 24.4. The summed E-state index contributed by atoms with van der Waals surface area (Å²) in [5.41, 5.74) is 0.300. The molecule has 1 aliphatic heterocycles. The predicted octanol–water partition coefficient (Wildman–Crippen LogP) is 3.99. The van der Waals surface area contributed by atoms with Crippen molar-refractivity contribution in [3.05, 3.63) is 0 Å². The van der Waals surface area contributed by atoms with Crippen LogP contribution < -0.4 is 0 Å². The van der Waals surface area contributed by atoms with Crippen LogP contribution in [0.4, 0.5) is 0 Å². The van der Waals surface area contributed by atoms with Gasteiger partial charge >= 0.3 is 0 Å². The lowest BCUT2D eigenvalue weighted by Gasteiger charge is -2.41. The maximum atomic E-state index is 6.25. The summed E-state index contributed by atoms with van der Waals surface area (Å²) in [6, 6.07) is 0. The van der Waals surface area contributed by atoms with Crippen molar-refractivity contribution < 1.29 is 28.4 Å². The van der Waals surface area contributed by atoms with E-state index in [-0.39, 0.29) is 24.4 Å². The summed E-state index contributed by atoms with van der Waals surface area (Å²) >= 11 is 0. The van der Waals surface area contributed by atoms with Gasteiger partial charge in [-0.25, -0.2) is 0 Å². The van der Waals surface area contributed by atoms with Gasteiger partial charge in [-0.15, -0.1) is 0 Å². The largest absolute Gasteiger partial charge is 0.377 e. The van der Waals surface area contributed by atoms with Crippen molar-refractivity contribution in [1.82, 2.24) is 0 Å². The lowest BCUT2D eigenvalue weighted by atomic mass is 9.71. The topological polar surface area (TPSA) is 55.4 Å². The highest BCUT2D eigenvalue weighted by molar-refractivity contribution is 4.87. The normalized spacial score (nSPS) is 36.7. The molecule has 0 unspecified atom stereocenters. The van der Waals surface area contributed by atoms with Gasteiger partial charge in [0, 0.05) is 0 Å². The Hall–Kier alpha value is -0.240. The van der Waals surface area contributed by atoms with E-state index in [1.165, 1.54) is 19.3 Å². The fourth-order valence-corrected chi connectivity index (χ4v) is 4.94. The first-order valence-electron chi connectivity index (χ1n) is 12.2. The summed E-state index contributed by atoms with van der Waals surface area (Å²) in [5.74, 6) is 0.659. The molecular formula is C24H44O6. The summed E-state index contributed by atoms with van der Waals surface area (Å²) in [4.78, 5) is 0. The van der Waals surface area contributed by atoms with Crippen LogP contribution in [0, 0.1) is 11.3 Å². The maximum absolute atomic E-state index is 6.25. The standard InChI is InChI=1S/C24H44O6/c1-24(2,3)19-8-9-22-23(18-19)30-17-13-26-11-15-28-21-7-5-4-6-20(21)27-14-10-25-12-16-29-22/h19-23H,4-18H2,1-3H3/t19-,20+,21-,22-,23-/m1/s1. The monoisotopic (exact) mass is 428 g/mol. The third-order valence-corrected chi connectivity index (χ3v) is 6.84. The van der Waals surface area contributed by atoms with Crippen LogP contribution in [0.1, 0.15) is 65.7 Å². The molecule has 3 fully saturated rings. The Morgan fingerprint density at radius 3 is 1.40 bits per heavy atom. The van der Waals surface area contributed by atoms with Gasteiger partial charge in [0.25, 0.3) is 0 Å². The highest BCUT2D eigenvalue weighted by Crippen LogP contribution is 2.39. The molecule has 30 heavy (non-hydrogen) atoms. The van der Waals surface area contributed by atoms with Gasteiger partial charge in [0.05, 0.1) is 77.3 Å². The third kappa shape index (κ3) is 8.03. The Bertz CT molecular complexity index is 465. The minimum Gasteiger partial charge on any atom is -0.377 e. The molecule has 176 valence electrons. The van der Waals surface area contributed by atoms with Crippen molar-refractivity contribution in [3.8, 4) is 0 Å². The molecule has 0 aromatic rings. The van der Waals surface area contributed by atoms with Crippen molar-refractivity contribution in [3.63, 3.8) is 0 Å². The average molecular weight is 429 g/mol. The summed E-state index contributed by atoms with van der Waals surface area (Å²) in [6.45, 7) is 11.8. The fourth-order valence-electron chi connectivity index (χ4n) is 4.94. The molecule has 6 heteroatoms. The SMILES string of the molecule is CC(C)(C)[C@@H]1CC[C@H]2OCCOCCO[C@H]3CCCC[C@H]3OCCOCCO[C@@H]2C1. The first-order valence-corrected chi connectivity index (χ1v) is 12.2. The van der Waals surface area contributed by atoms with Gasteiger partial charge < -0.3 is 28.4 Å². The van der Waals surface area contributed by atoms with Crippen molar-refractivity contribution in [2.75, 3.05) is 52.9 Å². The Balaban J connectivity index is 1.49. The molecule has 1 saturated heterocycles. The molecule has 2 saturated carbocycles. The van der Waals surface area contributed by atoms with Crippen LogP contribution in [-0.4, -0.2) is 77.3 Å². The molecular weight excluding hydrogens is 384 g/mol. The minimum absolute atomic E-state index is 0.132. The molecule has 0 radical (unpaired) electrons. The second-order valence-corrected chi connectivity index (χ2v) is 10.0. The number of rotatable bonds is 0. The molecule has 2 aliphatic carbocycles. The summed E-state index contributed by atoms with van der Waals surface area (Å²) in [5, 5.41) is 0.